The maximum absolute atomic E-state index is 12.9. The molecule has 0 unspecified atom stereocenters. The number of nitrogens with zero attached hydrogens (tertiary/aromatic N) is 2. The Morgan fingerprint density at radius 1 is 1.07 bits per heavy atom. The number of furan rings is 1. The lowest BCUT2D eigenvalue weighted by atomic mass is 10.2. The van der Waals surface area contributed by atoms with E-state index in [1.54, 1.807) is 18.2 Å². The first-order chi connectivity index (χ1) is 13.2. The van der Waals surface area contributed by atoms with Crippen LogP contribution in [0.5, 0.6) is 0 Å². The van der Waals surface area contributed by atoms with Gasteiger partial charge in [0.1, 0.15) is 11.4 Å². The van der Waals surface area contributed by atoms with E-state index in [4.69, 9.17) is 8.83 Å². The lowest BCUT2D eigenvalue weighted by molar-refractivity contribution is -0.115. The molecule has 2 heterocycles. The predicted molar refractivity (Wildman–Crippen MR) is 99.9 cm³/mol. The molecule has 136 valence electrons. The van der Waals surface area contributed by atoms with Crippen molar-refractivity contribution in [3.63, 3.8) is 0 Å². The number of anilines is 1. The van der Waals surface area contributed by atoms with Gasteiger partial charge in [0.25, 0.3) is 5.89 Å². The van der Waals surface area contributed by atoms with E-state index in [1.807, 2.05) is 24.3 Å². The number of carbonyl (C=O) groups excluding carboxylic acids is 1. The van der Waals surface area contributed by atoms with Gasteiger partial charge < -0.3 is 8.83 Å². The largest absolute Gasteiger partial charge is 0.451 e. The van der Waals surface area contributed by atoms with E-state index in [0.29, 0.717) is 17.1 Å². The van der Waals surface area contributed by atoms with Gasteiger partial charge in [-0.1, -0.05) is 23.3 Å². The van der Waals surface area contributed by atoms with Crippen molar-refractivity contribution in [1.82, 2.24) is 10.2 Å². The van der Waals surface area contributed by atoms with Gasteiger partial charge in [-0.15, -0.1) is 16.9 Å². The van der Waals surface area contributed by atoms with Crippen molar-refractivity contribution < 1.29 is 18.0 Å². The Kier molecular flexibility index (Phi) is 4.88. The third kappa shape index (κ3) is 4.17. The lowest BCUT2D eigenvalue weighted by Gasteiger charge is -2.01. The van der Waals surface area contributed by atoms with Gasteiger partial charge in [0, 0.05) is 22.5 Å². The Bertz CT molecular complexity index is 1040. The van der Waals surface area contributed by atoms with Gasteiger partial charge in [-0.2, -0.15) is 0 Å². The quantitative estimate of drug-likeness (QED) is 0.484. The van der Waals surface area contributed by atoms with Crippen LogP contribution in [0.3, 0.4) is 0 Å². The third-order valence-electron chi connectivity index (χ3n) is 3.72. The lowest BCUT2D eigenvalue weighted by Crippen LogP contribution is -2.12. The molecule has 2 aromatic heterocycles. The maximum atomic E-state index is 12.9. The molecular weight excluding hydrogens is 369 g/mol. The number of hydrogen-bond donors (Lipinski definition) is 1. The van der Waals surface area contributed by atoms with Crippen LogP contribution in [0.1, 0.15) is 6.42 Å². The summed E-state index contributed by atoms with van der Waals surface area (Å²) in [5.41, 5.74) is 0.717. The monoisotopic (exact) mass is 383 g/mol. The number of halogens is 1. The Balaban J connectivity index is 1.33. The van der Waals surface area contributed by atoms with Crippen molar-refractivity contribution in [1.29, 1.82) is 0 Å². The van der Waals surface area contributed by atoms with Crippen LogP contribution in [0.4, 0.5) is 10.4 Å². The fourth-order valence-corrected chi connectivity index (χ4v) is 3.29. The standard InChI is InChI=1S/C19H14FN3O3S/c20-13-5-7-14(8-6-13)27-10-9-17(24)21-19-23-22-18(26-19)16-11-12-3-1-2-4-15(12)25-16/h1-8,11H,9-10H2,(H,21,23,24). The first-order valence-electron chi connectivity index (χ1n) is 8.18. The van der Waals surface area contributed by atoms with Crippen LogP contribution in [-0.2, 0) is 4.79 Å². The fourth-order valence-electron chi connectivity index (χ4n) is 2.43. The highest BCUT2D eigenvalue weighted by atomic mass is 32.2. The molecule has 0 spiro atoms. The molecule has 0 saturated carbocycles. The molecular formula is C19H14FN3O3S. The van der Waals surface area contributed by atoms with E-state index >= 15 is 0 Å². The van der Waals surface area contributed by atoms with Gasteiger partial charge in [0.2, 0.25) is 5.91 Å². The zero-order chi connectivity index (χ0) is 18.6. The zero-order valence-electron chi connectivity index (χ0n) is 14.0. The average Bonchev–Trinajstić information content (AvgIpc) is 3.30. The van der Waals surface area contributed by atoms with Crippen molar-refractivity contribution in [2.45, 2.75) is 11.3 Å². The van der Waals surface area contributed by atoms with Crippen LogP contribution in [0.2, 0.25) is 0 Å². The predicted octanol–water partition coefficient (Wildman–Crippen LogP) is 4.74. The van der Waals surface area contributed by atoms with Crippen LogP contribution >= 0.6 is 11.8 Å². The molecule has 8 heteroatoms. The number of thioether (sulfide) groups is 1. The van der Waals surface area contributed by atoms with Crippen molar-refractivity contribution >= 4 is 34.7 Å². The summed E-state index contributed by atoms with van der Waals surface area (Å²) in [5, 5.41) is 11.2. The molecule has 0 fully saturated rings. The summed E-state index contributed by atoms with van der Waals surface area (Å²) in [7, 11) is 0. The normalized spacial score (nSPS) is 11.0. The average molecular weight is 383 g/mol. The molecule has 0 aliphatic heterocycles. The molecule has 4 aromatic rings. The molecule has 0 aliphatic rings. The number of fused-ring (bicyclic) bond motifs is 1. The highest BCUT2D eigenvalue weighted by Gasteiger charge is 2.15. The van der Waals surface area contributed by atoms with E-state index in [2.05, 4.69) is 15.5 Å². The van der Waals surface area contributed by atoms with Crippen molar-refractivity contribution in [3.05, 3.63) is 60.4 Å². The van der Waals surface area contributed by atoms with E-state index in [0.717, 1.165) is 10.3 Å². The van der Waals surface area contributed by atoms with Crippen molar-refractivity contribution in [2.75, 3.05) is 11.1 Å². The molecule has 0 atom stereocenters. The van der Waals surface area contributed by atoms with Gasteiger partial charge in [-0.05, 0) is 36.4 Å². The number of rotatable bonds is 6. The summed E-state index contributed by atoms with van der Waals surface area (Å²) in [6.45, 7) is 0. The highest BCUT2D eigenvalue weighted by molar-refractivity contribution is 7.99. The Morgan fingerprint density at radius 2 is 1.89 bits per heavy atom. The second kappa shape index (κ2) is 7.63. The number of para-hydroxylation sites is 1. The zero-order valence-corrected chi connectivity index (χ0v) is 14.8. The van der Waals surface area contributed by atoms with Gasteiger partial charge in [0.15, 0.2) is 5.76 Å². The SMILES string of the molecule is O=C(CCSc1ccc(F)cc1)Nc1nnc(-c2cc3ccccc3o2)o1. The summed E-state index contributed by atoms with van der Waals surface area (Å²) < 4.78 is 24.0. The Morgan fingerprint density at radius 3 is 2.70 bits per heavy atom. The molecule has 1 amide bonds. The molecule has 0 bridgehead atoms. The van der Waals surface area contributed by atoms with Gasteiger partial charge in [0.05, 0.1) is 0 Å². The topological polar surface area (TPSA) is 81.2 Å². The molecule has 4 rings (SSSR count). The van der Waals surface area contributed by atoms with Crippen molar-refractivity contribution in [3.8, 4) is 11.7 Å². The smallest absolute Gasteiger partial charge is 0.322 e. The first kappa shape index (κ1) is 17.3. The number of nitrogens with one attached hydrogen (secondary N) is 1. The number of benzene rings is 2. The van der Waals surface area contributed by atoms with Crippen LogP contribution < -0.4 is 5.32 Å². The maximum Gasteiger partial charge on any atom is 0.322 e. The van der Waals surface area contributed by atoms with E-state index < -0.39 is 0 Å². The summed E-state index contributed by atoms with van der Waals surface area (Å²) in [5.74, 6) is 0.651. The Hall–Kier alpha value is -3.13. The third-order valence-corrected chi connectivity index (χ3v) is 4.73. The van der Waals surface area contributed by atoms with Crippen LogP contribution in [-0.4, -0.2) is 21.9 Å². The second-order valence-corrected chi connectivity index (χ2v) is 6.83. The molecule has 1 N–H and O–H groups in total. The molecule has 0 saturated heterocycles. The first-order valence-corrected chi connectivity index (χ1v) is 9.16. The summed E-state index contributed by atoms with van der Waals surface area (Å²) in [6, 6.07) is 15.5. The summed E-state index contributed by atoms with van der Waals surface area (Å²) in [6.07, 6.45) is 0.254. The van der Waals surface area contributed by atoms with Crippen LogP contribution in [0.25, 0.3) is 22.6 Å². The van der Waals surface area contributed by atoms with Gasteiger partial charge >= 0.3 is 6.01 Å². The number of hydrogen-bond acceptors (Lipinski definition) is 6. The molecule has 0 radical (unpaired) electrons. The minimum absolute atomic E-state index is 0.0160. The van der Waals surface area contributed by atoms with Crippen LogP contribution in [0.15, 0.2) is 68.3 Å². The minimum Gasteiger partial charge on any atom is -0.451 e. The molecule has 2 aromatic carbocycles. The molecule has 27 heavy (non-hydrogen) atoms. The van der Waals surface area contributed by atoms with Crippen molar-refractivity contribution in [2.24, 2.45) is 0 Å². The summed E-state index contributed by atoms with van der Waals surface area (Å²) in [4.78, 5) is 12.9. The van der Waals surface area contributed by atoms with Gasteiger partial charge in [-0.3, -0.25) is 10.1 Å². The van der Waals surface area contributed by atoms with Crippen LogP contribution in [0, 0.1) is 5.82 Å². The van der Waals surface area contributed by atoms with Gasteiger partial charge in [-0.25, -0.2) is 4.39 Å². The highest BCUT2D eigenvalue weighted by Crippen LogP contribution is 2.27. The van der Waals surface area contributed by atoms with E-state index in [9.17, 15) is 9.18 Å². The van der Waals surface area contributed by atoms with E-state index in [-0.39, 0.29) is 30.1 Å². The minimum atomic E-state index is -0.284. The van der Waals surface area contributed by atoms with E-state index in [1.165, 1.54) is 23.9 Å². The fraction of sp³-hybridized carbons (Fsp3) is 0.105. The molecule has 0 aliphatic carbocycles. The second-order valence-electron chi connectivity index (χ2n) is 5.66. The summed E-state index contributed by atoms with van der Waals surface area (Å²) >= 11 is 1.46. The Labute approximate surface area is 157 Å². The number of aromatic nitrogens is 2. The number of carbonyl (C=O) groups is 1. The number of amides is 1. The molecule has 6 nitrogen and oxygen atoms in total.